The Balaban J connectivity index is 2.21. The summed E-state index contributed by atoms with van der Waals surface area (Å²) in [5, 5.41) is 12.2. The largest absolute Gasteiger partial charge is 0.480 e. The van der Waals surface area contributed by atoms with Gasteiger partial charge in [-0.2, -0.15) is 0 Å². The van der Waals surface area contributed by atoms with Gasteiger partial charge in [-0.15, -0.1) is 0 Å². The van der Waals surface area contributed by atoms with Crippen LogP contribution in [-0.4, -0.2) is 48.2 Å². The lowest BCUT2D eigenvalue weighted by Crippen LogP contribution is -2.40. The zero-order valence-corrected chi connectivity index (χ0v) is 9.70. The average Bonchev–Trinajstić information content (AvgIpc) is 2.95. The molecule has 4 heteroatoms. The summed E-state index contributed by atoms with van der Waals surface area (Å²) < 4.78 is 0. The molecule has 0 heterocycles. The molecule has 1 atom stereocenters. The van der Waals surface area contributed by atoms with Crippen molar-refractivity contribution >= 4 is 5.97 Å². The molecule has 0 aromatic carbocycles. The van der Waals surface area contributed by atoms with Crippen molar-refractivity contribution in [3.8, 4) is 0 Å². The molecule has 0 spiro atoms. The number of nitrogens with one attached hydrogen (secondary N) is 1. The fraction of sp³-hybridized carbons (Fsp3) is 0.909. The first-order chi connectivity index (χ1) is 7.13. The lowest BCUT2D eigenvalue weighted by atomic mass is 10.2. The maximum atomic E-state index is 11.0. The molecular formula is C11H22N2O2. The van der Waals surface area contributed by atoms with E-state index in [1.54, 1.807) is 0 Å². The maximum Gasteiger partial charge on any atom is 0.320 e. The molecule has 88 valence electrons. The molecule has 0 aromatic heterocycles. The van der Waals surface area contributed by atoms with Gasteiger partial charge < -0.3 is 15.3 Å². The Morgan fingerprint density at radius 2 is 2.20 bits per heavy atom. The van der Waals surface area contributed by atoms with Crippen LogP contribution in [0.3, 0.4) is 0 Å². The van der Waals surface area contributed by atoms with Gasteiger partial charge in [-0.05, 0) is 45.8 Å². The van der Waals surface area contributed by atoms with Crippen LogP contribution in [0.25, 0.3) is 0 Å². The van der Waals surface area contributed by atoms with Gasteiger partial charge in [0.05, 0.1) is 0 Å². The SMILES string of the molecule is CCCN(C)CCC(NC1CC1)C(=O)O. The summed E-state index contributed by atoms with van der Waals surface area (Å²) in [4.78, 5) is 13.1. The molecule has 0 saturated heterocycles. The number of carboxylic acids is 1. The van der Waals surface area contributed by atoms with Gasteiger partial charge in [0, 0.05) is 6.04 Å². The van der Waals surface area contributed by atoms with Gasteiger partial charge in [0.2, 0.25) is 0 Å². The number of hydrogen-bond acceptors (Lipinski definition) is 3. The Labute approximate surface area is 91.6 Å². The van der Waals surface area contributed by atoms with Crippen LogP contribution in [0.15, 0.2) is 0 Å². The fourth-order valence-corrected chi connectivity index (χ4v) is 1.66. The third-order valence-electron chi connectivity index (χ3n) is 2.72. The Bertz CT molecular complexity index is 205. The van der Waals surface area contributed by atoms with E-state index in [-0.39, 0.29) is 6.04 Å². The van der Waals surface area contributed by atoms with Gasteiger partial charge >= 0.3 is 5.97 Å². The second-order valence-corrected chi connectivity index (χ2v) is 4.42. The van der Waals surface area contributed by atoms with Crippen molar-refractivity contribution in [3.05, 3.63) is 0 Å². The van der Waals surface area contributed by atoms with Gasteiger partial charge in [0.15, 0.2) is 0 Å². The van der Waals surface area contributed by atoms with E-state index in [4.69, 9.17) is 5.11 Å². The molecule has 1 saturated carbocycles. The van der Waals surface area contributed by atoms with Crippen molar-refractivity contribution in [1.82, 2.24) is 10.2 Å². The molecule has 1 aliphatic rings. The topological polar surface area (TPSA) is 52.6 Å². The van der Waals surface area contributed by atoms with E-state index < -0.39 is 5.97 Å². The number of rotatable bonds is 8. The molecule has 1 fully saturated rings. The Morgan fingerprint density at radius 3 is 2.67 bits per heavy atom. The molecule has 15 heavy (non-hydrogen) atoms. The first-order valence-electron chi connectivity index (χ1n) is 5.81. The molecule has 0 radical (unpaired) electrons. The predicted molar refractivity (Wildman–Crippen MR) is 60.0 cm³/mol. The zero-order valence-electron chi connectivity index (χ0n) is 9.70. The summed E-state index contributed by atoms with van der Waals surface area (Å²) in [6.07, 6.45) is 4.08. The second-order valence-electron chi connectivity index (χ2n) is 4.42. The minimum absolute atomic E-state index is 0.364. The van der Waals surface area contributed by atoms with Gasteiger partial charge in [-0.25, -0.2) is 0 Å². The number of nitrogens with zero attached hydrogens (tertiary/aromatic N) is 1. The van der Waals surface area contributed by atoms with Gasteiger partial charge in [0.25, 0.3) is 0 Å². The summed E-state index contributed by atoms with van der Waals surface area (Å²) >= 11 is 0. The molecule has 4 nitrogen and oxygen atoms in total. The van der Waals surface area contributed by atoms with Crippen LogP contribution in [-0.2, 0) is 4.79 Å². The zero-order chi connectivity index (χ0) is 11.3. The van der Waals surface area contributed by atoms with Crippen molar-refractivity contribution in [3.63, 3.8) is 0 Å². The van der Waals surface area contributed by atoms with Crippen molar-refractivity contribution in [2.45, 2.75) is 44.7 Å². The first kappa shape index (κ1) is 12.5. The molecule has 0 bridgehead atoms. The molecule has 2 N–H and O–H groups in total. The van der Waals surface area contributed by atoms with Gasteiger partial charge in [-0.1, -0.05) is 6.92 Å². The van der Waals surface area contributed by atoms with Crippen LogP contribution in [0.1, 0.15) is 32.6 Å². The van der Waals surface area contributed by atoms with Crippen LogP contribution in [0.2, 0.25) is 0 Å². The van der Waals surface area contributed by atoms with Gasteiger partial charge in [0.1, 0.15) is 6.04 Å². The number of carbonyl (C=O) groups is 1. The highest BCUT2D eigenvalue weighted by Crippen LogP contribution is 2.20. The third-order valence-corrected chi connectivity index (χ3v) is 2.72. The number of aliphatic carboxylic acids is 1. The van der Waals surface area contributed by atoms with Gasteiger partial charge in [-0.3, -0.25) is 4.79 Å². The second kappa shape index (κ2) is 6.08. The smallest absolute Gasteiger partial charge is 0.320 e. The molecule has 1 aliphatic carbocycles. The van der Waals surface area contributed by atoms with E-state index in [0.29, 0.717) is 12.5 Å². The Kier molecular flexibility index (Phi) is 5.05. The summed E-state index contributed by atoms with van der Waals surface area (Å²) in [5.74, 6) is -0.716. The highest BCUT2D eigenvalue weighted by molar-refractivity contribution is 5.73. The highest BCUT2D eigenvalue weighted by Gasteiger charge is 2.27. The average molecular weight is 214 g/mol. The van der Waals surface area contributed by atoms with Crippen molar-refractivity contribution in [2.24, 2.45) is 0 Å². The van der Waals surface area contributed by atoms with Crippen LogP contribution in [0.5, 0.6) is 0 Å². The summed E-state index contributed by atoms with van der Waals surface area (Å²) in [5.41, 5.74) is 0. The van der Waals surface area contributed by atoms with E-state index in [1.807, 2.05) is 7.05 Å². The van der Waals surface area contributed by atoms with Crippen LogP contribution in [0, 0.1) is 0 Å². The predicted octanol–water partition coefficient (Wildman–Crippen LogP) is 0.923. The normalized spacial score (nSPS) is 18.1. The quantitative estimate of drug-likeness (QED) is 0.631. The summed E-state index contributed by atoms with van der Waals surface area (Å²) in [6.45, 7) is 4.02. The molecule has 0 aromatic rings. The van der Waals surface area contributed by atoms with E-state index in [9.17, 15) is 4.79 Å². The Hall–Kier alpha value is -0.610. The highest BCUT2D eigenvalue weighted by atomic mass is 16.4. The first-order valence-corrected chi connectivity index (χ1v) is 5.81. The summed E-state index contributed by atoms with van der Waals surface area (Å²) in [7, 11) is 2.04. The number of hydrogen-bond donors (Lipinski definition) is 2. The minimum atomic E-state index is -0.716. The fourth-order valence-electron chi connectivity index (χ4n) is 1.66. The van der Waals surface area contributed by atoms with Crippen molar-refractivity contribution in [2.75, 3.05) is 20.1 Å². The van der Waals surface area contributed by atoms with Crippen molar-refractivity contribution < 1.29 is 9.90 Å². The molecule has 0 amide bonds. The van der Waals surface area contributed by atoms with E-state index in [1.165, 1.54) is 0 Å². The Morgan fingerprint density at radius 1 is 1.53 bits per heavy atom. The maximum absolute atomic E-state index is 11.0. The lowest BCUT2D eigenvalue weighted by Gasteiger charge is -2.19. The molecule has 1 rings (SSSR count). The minimum Gasteiger partial charge on any atom is -0.480 e. The lowest BCUT2D eigenvalue weighted by molar-refractivity contribution is -0.139. The monoisotopic (exact) mass is 214 g/mol. The van der Waals surface area contributed by atoms with E-state index in [0.717, 1.165) is 32.4 Å². The molecule has 1 unspecified atom stereocenters. The number of carboxylic acid groups (broad SMARTS) is 1. The molecule has 0 aliphatic heterocycles. The van der Waals surface area contributed by atoms with Crippen LogP contribution >= 0.6 is 0 Å². The third kappa shape index (κ3) is 5.14. The van der Waals surface area contributed by atoms with Crippen molar-refractivity contribution in [1.29, 1.82) is 0 Å². The van der Waals surface area contributed by atoms with Crippen LogP contribution in [0.4, 0.5) is 0 Å². The summed E-state index contributed by atoms with van der Waals surface area (Å²) in [6, 6.07) is 0.0967. The van der Waals surface area contributed by atoms with Crippen LogP contribution < -0.4 is 5.32 Å². The molecular weight excluding hydrogens is 192 g/mol. The van der Waals surface area contributed by atoms with E-state index in [2.05, 4.69) is 17.1 Å². The van der Waals surface area contributed by atoms with E-state index >= 15 is 0 Å². The standard InChI is InChI=1S/C11H22N2O2/c1-3-7-13(2)8-6-10(11(14)15)12-9-4-5-9/h9-10,12H,3-8H2,1-2H3,(H,14,15).